The number of nitrogens with one attached hydrogen (secondary N) is 2. The summed E-state index contributed by atoms with van der Waals surface area (Å²) in [6.07, 6.45) is 11.9. The third-order valence-electron chi connectivity index (χ3n) is 17.6. The van der Waals surface area contributed by atoms with Gasteiger partial charge in [0.05, 0.1) is 23.6 Å². The molecule has 7 rings (SSSR count). The number of aliphatic carboxylic acids is 1. The average Bonchev–Trinajstić information content (AvgIpc) is 3.41. The molecule has 0 aliphatic heterocycles. The summed E-state index contributed by atoms with van der Waals surface area (Å²) in [5.74, 6) is -1.82. The first-order valence-corrected chi connectivity index (χ1v) is 21.5. The van der Waals surface area contributed by atoms with Gasteiger partial charge in [0.1, 0.15) is 17.3 Å². The highest BCUT2D eigenvalue weighted by Crippen LogP contribution is 2.76. The van der Waals surface area contributed by atoms with Gasteiger partial charge in [-0.25, -0.2) is 4.98 Å². The number of ether oxygens (including phenoxy) is 1. The van der Waals surface area contributed by atoms with Crippen LogP contribution in [0.1, 0.15) is 151 Å². The highest BCUT2D eigenvalue weighted by atomic mass is 16.5. The number of carbonyl (C=O) groups excluding carboxylic acids is 4. The standard InChI is InChI=1S/C46H66N4O7/c1-25(2)34-30(51)23-46(50-39(56)42(7,8)49-36(52)29-24-47-20-21-48-29)19-18-44(10)26(35(34)46)12-13-32-43(9)16-15-33(41(5,6)31(43)14-17-45(32,44)11)57-38(55)28-22-27(37(53)54)40(28,3)4/h20-21,24-28,31-33H,12-19,22-23H2,1-11H3,(H,49,52)(H,50,56)(H,53,54)/t26-,27+,28?,31+,32-,33+,43+,44-,45-,46-/m1/s1. The van der Waals surface area contributed by atoms with E-state index in [2.05, 4.69) is 69.1 Å². The molecule has 1 unspecified atom stereocenters. The molecule has 5 saturated carbocycles. The van der Waals surface area contributed by atoms with Crippen LogP contribution in [0.5, 0.6) is 0 Å². The highest BCUT2D eigenvalue weighted by Gasteiger charge is 2.71. The van der Waals surface area contributed by atoms with Crippen LogP contribution in [0.15, 0.2) is 29.7 Å². The number of amides is 2. The lowest BCUT2D eigenvalue weighted by Crippen LogP contribution is -2.68. The maximum absolute atomic E-state index is 14.3. The van der Waals surface area contributed by atoms with E-state index >= 15 is 0 Å². The topological polar surface area (TPSA) is 165 Å². The maximum atomic E-state index is 14.3. The smallest absolute Gasteiger partial charge is 0.309 e. The van der Waals surface area contributed by atoms with Gasteiger partial charge >= 0.3 is 11.9 Å². The van der Waals surface area contributed by atoms with Gasteiger partial charge in [-0.1, -0.05) is 62.3 Å². The summed E-state index contributed by atoms with van der Waals surface area (Å²) in [6, 6.07) is 0. The van der Waals surface area contributed by atoms with Gasteiger partial charge in [-0.15, -0.1) is 0 Å². The normalized spacial score (nSPS) is 39.1. The Morgan fingerprint density at radius 2 is 1.56 bits per heavy atom. The summed E-state index contributed by atoms with van der Waals surface area (Å²) in [4.78, 5) is 75.0. The third kappa shape index (κ3) is 6.04. The van der Waals surface area contributed by atoms with Crippen LogP contribution in [0, 0.1) is 62.6 Å². The van der Waals surface area contributed by atoms with Crippen molar-refractivity contribution in [3.05, 3.63) is 35.4 Å². The molecule has 0 bridgehead atoms. The van der Waals surface area contributed by atoms with E-state index in [1.807, 2.05) is 13.8 Å². The molecule has 10 atom stereocenters. The predicted octanol–water partition coefficient (Wildman–Crippen LogP) is 7.49. The number of esters is 1. The number of aromatic nitrogens is 2. The van der Waals surface area contributed by atoms with Crippen LogP contribution in [-0.2, 0) is 23.9 Å². The van der Waals surface area contributed by atoms with Crippen molar-refractivity contribution >= 4 is 29.5 Å². The molecule has 57 heavy (non-hydrogen) atoms. The van der Waals surface area contributed by atoms with Crippen LogP contribution >= 0.6 is 0 Å². The van der Waals surface area contributed by atoms with Crippen molar-refractivity contribution in [1.29, 1.82) is 0 Å². The molecule has 1 aromatic heterocycles. The maximum Gasteiger partial charge on any atom is 0.309 e. The predicted molar refractivity (Wildman–Crippen MR) is 214 cm³/mol. The van der Waals surface area contributed by atoms with Crippen LogP contribution < -0.4 is 10.6 Å². The third-order valence-corrected chi connectivity index (χ3v) is 17.6. The van der Waals surface area contributed by atoms with E-state index in [1.54, 1.807) is 13.8 Å². The minimum atomic E-state index is -1.27. The zero-order valence-electron chi connectivity index (χ0n) is 36.1. The summed E-state index contributed by atoms with van der Waals surface area (Å²) in [5.41, 5.74) is -0.943. The number of hydrogen-bond acceptors (Lipinski definition) is 8. The zero-order valence-corrected chi connectivity index (χ0v) is 36.1. The Hall–Kier alpha value is -3.63. The van der Waals surface area contributed by atoms with Crippen LogP contribution in [-0.4, -0.2) is 61.8 Å². The second-order valence-electron chi connectivity index (χ2n) is 21.7. The Kier molecular flexibility index (Phi) is 9.80. The van der Waals surface area contributed by atoms with Gasteiger partial charge < -0.3 is 20.5 Å². The van der Waals surface area contributed by atoms with Crippen molar-refractivity contribution in [3.8, 4) is 0 Å². The van der Waals surface area contributed by atoms with E-state index in [-0.39, 0.29) is 69.4 Å². The Labute approximate surface area is 338 Å². The minimum absolute atomic E-state index is 0.0103. The van der Waals surface area contributed by atoms with E-state index in [0.29, 0.717) is 24.7 Å². The molecule has 5 fully saturated rings. The number of carbonyl (C=O) groups is 5. The monoisotopic (exact) mass is 786 g/mol. The van der Waals surface area contributed by atoms with Crippen LogP contribution in [0.25, 0.3) is 0 Å². The van der Waals surface area contributed by atoms with Crippen molar-refractivity contribution in [3.63, 3.8) is 0 Å². The van der Waals surface area contributed by atoms with Gasteiger partial charge in [-0.05, 0) is 128 Å². The first-order chi connectivity index (χ1) is 26.4. The van der Waals surface area contributed by atoms with E-state index in [0.717, 1.165) is 56.1 Å². The number of carboxylic acids is 1. The van der Waals surface area contributed by atoms with Crippen LogP contribution in [0.2, 0.25) is 0 Å². The highest BCUT2D eigenvalue weighted by molar-refractivity contribution is 6.03. The minimum Gasteiger partial charge on any atom is -0.481 e. The lowest BCUT2D eigenvalue weighted by atomic mass is 9.33. The SMILES string of the molecule is CC(C)C1=C2[C@H]3CC[C@@H]4[C@@]5(C)CC[C@H](OC(=O)C6C[C@@H](C(=O)O)C6(C)C)C(C)(C)[C@@H]5CC[C@@]4(C)[C@]3(C)CC[C@@]2(NC(=O)C(C)(C)NC(=O)c2cnccn2)CC1=O. The molecule has 0 saturated heterocycles. The number of hydrogen-bond donors (Lipinski definition) is 3. The molecule has 6 aliphatic rings. The molecule has 1 aromatic rings. The van der Waals surface area contributed by atoms with Crippen molar-refractivity contribution in [2.45, 2.75) is 158 Å². The summed E-state index contributed by atoms with van der Waals surface area (Å²) < 4.78 is 6.40. The van der Waals surface area contributed by atoms with E-state index in [1.165, 1.54) is 18.6 Å². The molecule has 2 amide bonds. The molecule has 312 valence electrons. The van der Waals surface area contributed by atoms with Gasteiger partial charge in [-0.2, -0.15) is 0 Å². The van der Waals surface area contributed by atoms with Crippen LogP contribution in [0.3, 0.4) is 0 Å². The number of ketones is 1. The van der Waals surface area contributed by atoms with Crippen molar-refractivity contribution in [2.24, 2.45) is 62.6 Å². The van der Waals surface area contributed by atoms with Gasteiger partial charge in [0.25, 0.3) is 5.91 Å². The van der Waals surface area contributed by atoms with E-state index in [4.69, 9.17) is 4.74 Å². The van der Waals surface area contributed by atoms with Gasteiger partial charge in [0, 0.05) is 24.2 Å². The summed E-state index contributed by atoms with van der Waals surface area (Å²) in [7, 11) is 0. The van der Waals surface area contributed by atoms with Crippen molar-refractivity contribution in [2.75, 3.05) is 0 Å². The second kappa shape index (κ2) is 13.4. The van der Waals surface area contributed by atoms with E-state index < -0.39 is 40.2 Å². The molecule has 1 heterocycles. The fourth-order valence-corrected chi connectivity index (χ4v) is 14.1. The molecule has 3 N–H and O–H groups in total. The number of carboxylic acid groups (broad SMARTS) is 1. The van der Waals surface area contributed by atoms with Gasteiger partial charge in [0.2, 0.25) is 5.91 Å². The van der Waals surface area contributed by atoms with E-state index in [9.17, 15) is 29.1 Å². The summed E-state index contributed by atoms with van der Waals surface area (Å²) in [6.45, 7) is 23.4. The average molecular weight is 787 g/mol. The Bertz CT molecular complexity index is 1900. The lowest BCUT2D eigenvalue weighted by molar-refractivity contribution is -0.235. The quantitative estimate of drug-likeness (QED) is 0.227. The Balaban J connectivity index is 1.14. The van der Waals surface area contributed by atoms with Crippen molar-refractivity contribution in [1.82, 2.24) is 20.6 Å². The van der Waals surface area contributed by atoms with Crippen LogP contribution in [0.4, 0.5) is 0 Å². The van der Waals surface area contributed by atoms with Gasteiger partial charge in [0.15, 0.2) is 5.78 Å². The zero-order chi connectivity index (χ0) is 41.9. The first kappa shape index (κ1) is 41.5. The molecule has 0 spiro atoms. The second-order valence-corrected chi connectivity index (χ2v) is 21.7. The largest absolute Gasteiger partial charge is 0.481 e. The fraction of sp³-hybridized carbons (Fsp3) is 0.761. The molecule has 11 nitrogen and oxygen atoms in total. The first-order valence-electron chi connectivity index (χ1n) is 21.5. The molecular formula is C46H66N4O7. The number of rotatable bonds is 8. The number of allylic oxidation sites excluding steroid dienone is 1. The Morgan fingerprint density at radius 3 is 2.18 bits per heavy atom. The molecule has 0 aromatic carbocycles. The van der Waals surface area contributed by atoms with Gasteiger partial charge in [-0.3, -0.25) is 29.0 Å². The molecular weight excluding hydrogens is 721 g/mol. The lowest BCUT2D eigenvalue weighted by Gasteiger charge is -2.72. The summed E-state index contributed by atoms with van der Waals surface area (Å²) >= 11 is 0. The number of nitrogens with zero attached hydrogens (tertiary/aromatic N) is 2. The summed E-state index contributed by atoms with van der Waals surface area (Å²) in [5, 5.41) is 15.9. The van der Waals surface area contributed by atoms with Crippen molar-refractivity contribution < 1.29 is 33.8 Å². The molecule has 11 heteroatoms. The molecule has 6 aliphatic carbocycles. The fourth-order valence-electron chi connectivity index (χ4n) is 14.1. The molecule has 0 radical (unpaired) electrons. The number of Topliss-reactive ketones (excluding diaryl/α,β-unsaturated/α-hetero) is 1. The Morgan fingerprint density at radius 1 is 0.860 bits per heavy atom. The number of fused-ring (bicyclic) bond motifs is 7.